The third-order valence-corrected chi connectivity index (χ3v) is 7.22. The fourth-order valence-electron chi connectivity index (χ4n) is 5.57. The summed E-state index contributed by atoms with van der Waals surface area (Å²) < 4.78 is 38.7. The first-order valence-electron chi connectivity index (χ1n) is 11.9. The summed E-state index contributed by atoms with van der Waals surface area (Å²) in [5, 5.41) is 17.4. The van der Waals surface area contributed by atoms with Gasteiger partial charge in [0.15, 0.2) is 0 Å². The molecule has 0 aromatic carbocycles. The van der Waals surface area contributed by atoms with Crippen molar-refractivity contribution < 1.29 is 27.6 Å². The third kappa shape index (κ3) is 6.01. The lowest BCUT2D eigenvalue weighted by molar-refractivity contribution is -0.147. The Morgan fingerprint density at radius 2 is 1.94 bits per heavy atom. The van der Waals surface area contributed by atoms with E-state index in [2.05, 4.69) is 16.0 Å². The molecule has 2 saturated heterocycles. The number of carbonyl (C=O) groups is 3. The van der Waals surface area contributed by atoms with Gasteiger partial charge in [0.2, 0.25) is 17.7 Å². The zero-order chi connectivity index (χ0) is 25.3. The van der Waals surface area contributed by atoms with Crippen molar-refractivity contribution in [3.05, 3.63) is 0 Å². The maximum Gasteiger partial charge on any atom is 0.401 e. The van der Waals surface area contributed by atoms with Crippen molar-refractivity contribution in [1.82, 2.24) is 20.9 Å². The van der Waals surface area contributed by atoms with Crippen LogP contribution in [0.2, 0.25) is 0 Å². The number of nitrogens with one attached hydrogen (secondary N) is 3. The number of amides is 3. The monoisotopic (exact) mass is 485 g/mol. The molecule has 6 atom stereocenters. The molecule has 2 heterocycles. The van der Waals surface area contributed by atoms with Gasteiger partial charge in [-0.05, 0) is 42.9 Å². The summed E-state index contributed by atoms with van der Waals surface area (Å²) in [7, 11) is 0. The molecule has 11 heteroatoms. The van der Waals surface area contributed by atoms with Crippen LogP contribution < -0.4 is 16.0 Å². The highest BCUT2D eigenvalue weighted by atomic mass is 19.4. The van der Waals surface area contributed by atoms with Crippen molar-refractivity contribution in [2.75, 3.05) is 19.6 Å². The summed E-state index contributed by atoms with van der Waals surface area (Å²) in [6.45, 7) is 4.58. The van der Waals surface area contributed by atoms with Crippen molar-refractivity contribution in [1.29, 1.82) is 5.26 Å². The highest BCUT2D eigenvalue weighted by Gasteiger charge is 2.52. The van der Waals surface area contributed by atoms with E-state index in [-0.39, 0.29) is 30.1 Å². The van der Waals surface area contributed by atoms with E-state index in [1.807, 2.05) is 6.07 Å². The molecule has 34 heavy (non-hydrogen) atoms. The Hall–Kier alpha value is -2.35. The van der Waals surface area contributed by atoms with Crippen LogP contribution in [0.5, 0.6) is 0 Å². The SMILES string of the molecule is CC(C)(C)[C@H](NCC(F)(F)F)C(=O)N1C[C@@H]2CCC[C@@H]2[C@H]1C(=O)N[C@H](C#N)C[C@@H]1CCNC1=O. The van der Waals surface area contributed by atoms with Gasteiger partial charge in [-0.3, -0.25) is 19.7 Å². The van der Waals surface area contributed by atoms with E-state index in [0.29, 0.717) is 19.5 Å². The van der Waals surface area contributed by atoms with E-state index >= 15 is 0 Å². The average Bonchev–Trinajstić information content (AvgIpc) is 3.41. The molecule has 0 spiro atoms. The first-order chi connectivity index (χ1) is 15.8. The second kappa shape index (κ2) is 10.1. The molecule has 3 rings (SSSR count). The second-order valence-corrected chi connectivity index (χ2v) is 10.8. The molecule has 0 aromatic rings. The van der Waals surface area contributed by atoms with Gasteiger partial charge in [0.25, 0.3) is 0 Å². The van der Waals surface area contributed by atoms with E-state index in [9.17, 15) is 32.8 Å². The number of rotatable bonds is 7. The number of halogens is 3. The van der Waals surface area contributed by atoms with E-state index < -0.39 is 48.1 Å². The summed E-state index contributed by atoms with van der Waals surface area (Å²) in [6, 6.07) is -0.819. The van der Waals surface area contributed by atoms with Gasteiger partial charge in [-0.15, -0.1) is 0 Å². The topological polar surface area (TPSA) is 114 Å². The molecule has 3 aliphatic rings. The van der Waals surface area contributed by atoms with Gasteiger partial charge in [-0.25, -0.2) is 0 Å². The van der Waals surface area contributed by atoms with E-state index in [1.165, 1.54) is 4.90 Å². The third-order valence-electron chi connectivity index (χ3n) is 7.22. The van der Waals surface area contributed by atoms with Crippen LogP contribution in [0.25, 0.3) is 0 Å². The van der Waals surface area contributed by atoms with E-state index in [1.54, 1.807) is 20.8 Å². The Morgan fingerprint density at radius 1 is 1.24 bits per heavy atom. The molecule has 0 aromatic heterocycles. The quantitative estimate of drug-likeness (QED) is 0.508. The maximum atomic E-state index is 13.5. The Balaban J connectivity index is 1.77. The standard InChI is InChI=1S/C23H34F3N5O3/c1-22(2,3)18(29-12-23(24,25)26)21(34)31-11-14-5-4-6-16(14)17(31)20(33)30-15(10-27)9-13-7-8-28-19(13)32/h13-18,29H,4-9,11-12H2,1-3H3,(H,28,32)(H,30,33)/t13-,14-,15-,16-,17-,18+/m0/s1. The van der Waals surface area contributed by atoms with Crippen LogP contribution in [-0.2, 0) is 14.4 Å². The molecule has 2 aliphatic heterocycles. The molecule has 190 valence electrons. The Kier molecular flexibility index (Phi) is 7.80. The summed E-state index contributed by atoms with van der Waals surface area (Å²) in [6.07, 6.45) is -1.21. The lowest BCUT2D eigenvalue weighted by atomic mass is 9.85. The van der Waals surface area contributed by atoms with Crippen molar-refractivity contribution in [3.8, 4) is 6.07 Å². The van der Waals surface area contributed by atoms with Crippen LogP contribution in [0.3, 0.4) is 0 Å². The molecule has 0 bridgehead atoms. The van der Waals surface area contributed by atoms with E-state index in [4.69, 9.17) is 0 Å². The molecule has 8 nitrogen and oxygen atoms in total. The first kappa shape index (κ1) is 26.3. The maximum absolute atomic E-state index is 13.5. The van der Waals surface area contributed by atoms with Gasteiger partial charge in [0.1, 0.15) is 12.1 Å². The number of hydrogen-bond donors (Lipinski definition) is 3. The molecule has 3 amide bonds. The number of alkyl halides is 3. The van der Waals surface area contributed by atoms with Crippen LogP contribution in [0, 0.1) is 34.5 Å². The molecule has 1 aliphatic carbocycles. The Morgan fingerprint density at radius 3 is 2.50 bits per heavy atom. The lowest BCUT2D eigenvalue weighted by Crippen LogP contribution is -2.59. The molecular weight excluding hydrogens is 451 g/mol. The van der Waals surface area contributed by atoms with E-state index in [0.717, 1.165) is 19.3 Å². The molecule has 1 saturated carbocycles. The number of fused-ring (bicyclic) bond motifs is 1. The van der Waals surface area contributed by atoms with Gasteiger partial charge < -0.3 is 15.5 Å². The molecular formula is C23H34F3N5O3. The normalized spacial score (nSPS) is 28.7. The number of carbonyl (C=O) groups excluding carboxylic acids is 3. The highest BCUT2D eigenvalue weighted by molar-refractivity contribution is 5.91. The van der Waals surface area contributed by atoms with Gasteiger partial charge in [-0.2, -0.15) is 18.4 Å². The fraction of sp³-hybridized carbons (Fsp3) is 0.826. The van der Waals surface area contributed by atoms with Gasteiger partial charge in [0.05, 0.1) is 18.7 Å². The largest absolute Gasteiger partial charge is 0.401 e. The Bertz CT molecular complexity index is 835. The Labute approximate surface area is 198 Å². The number of likely N-dealkylation sites (tertiary alicyclic amines) is 1. The van der Waals surface area contributed by atoms with Crippen LogP contribution >= 0.6 is 0 Å². The predicted octanol–water partition coefficient (Wildman–Crippen LogP) is 1.71. The van der Waals surface area contributed by atoms with Gasteiger partial charge in [-0.1, -0.05) is 27.2 Å². The van der Waals surface area contributed by atoms with Gasteiger partial charge >= 0.3 is 6.18 Å². The van der Waals surface area contributed by atoms with Crippen molar-refractivity contribution in [2.24, 2.45) is 23.2 Å². The number of nitriles is 1. The summed E-state index contributed by atoms with van der Waals surface area (Å²) in [5.41, 5.74) is -0.813. The predicted molar refractivity (Wildman–Crippen MR) is 117 cm³/mol. The zero-order valence-electron chi connectivity index (χ0n) is 19.9. The highest BCUT2D eigenvalue weighted by Crippen LogP contribution is 2.43. The fourth-order valence-corrected chi connectivity index (χ4v) is 5.57. The smallest absolute Gasteiger partial charge is 0.356 e. The minimum absolute atomic E-state index is 0.0960. The second-order valence-electron chi connectivity index (χ2n) is 10.8. The molecule has 0 unspecified atom stereocenters. The number of hydrogen-bond acceptors (Lipinski definition) is 5. The molecule has 3 fully saturated rings. The minimum Gasteiger partial charge on any atom is -0.356 e. The first-order valence-corrected chi connectivity index (χ1v) is 11.9. The van der Waals surface area contributed by atoms with Crippen LogP contribution in [0.1, 0.15) is 52.9 Å². The number of nitrogens with zero attached hydrogens (tertiary/aromatic N) is 2. The summed E-state index contributed by atoms with van der Waals surface area (Å²) >= 11 is 0. The van der Waals surface area contributed by atoms with Crippen molar-refractivity contribution in [3.63, 3.8) is 0 Å². The minimum atomic E-state index is -4.48. The van der Waals surface area contributed by atoms with Crippen LogP contribution in [0.4, 0.5) is 13.2 Å². The average molecular weight is 486 g/mol. The molecule has 0 radical (unpaired) electrons. The van der Waals surface area contributed by atoms with Crippen LogP contribution in [0.15, 0.2) is 0 Å². The van der Waals surface area contributed by atoms with Crippen molar-refractivity contribution in [2.45, 2.75) is 77.2 Å². The summed E-state index contributed by atoms with van der Waals surface area (Å²) in [5.74, 6) is -1.51. The lowest BCUT2D eigenvalue weighted by Gasteiger charge is -2.36. The van der Waals surface area contributed by atoms with Gasteiger partial charge in [0, 0.05) is 19.0 Å². The summed E-state index contributed by atoms with van der Waals surface area (Å²) in [4.78, 5) is 40.2. The van der Waals surface area contributed by atoms with Crippen LogP contribution in [-0.4, -0.2) is 66.6 Å². The zero-order valence-corrected chi connectivity index (χ0v) is 19.9. The molecule has 3 N–H and O–H groups in total. The van der Waals surface area contributed by atoms with Crippen molar-refractivity contribution >= 4 is 17.7 Å².